The summed E-state index contributed by atoms with van der Waals surface area (Å²) in [4.78, 5) is 19.3. The topological polar surface area (TPSA) is 76.2 Å². The first-order valence-electron chi connectivity index (χ1n) is 12.4. The van der Waals surface area contributed by atoms with Gasteiger partial charge in [-0.25, -0.2) is 0 Å². The van der Waals surface area contributed by atoms with Crippen molar-refractivity contribution >= 4 is 56.4 Å². The van der Waals surface area contributed by atoms with E-state index in [9.17, 15) is 10.1 Å². The maximum absolute atomic E-state index is 11.0. The zero-order chi connectivity index (χ0) is 27.6. The SMILES string of the molecule is O=[N+]([O-])c1ccc(Sc2ccc(N3C(=S)N[C@H](c4ccccn4)[C@@H]3c3cccn3-c3ccc(Br)cc3)cc2)cc1. The first-order chi connectivity index (χ1) is 19.5. The lowest BCUT2D eigenvalue weighted by atomic mass is 10.0. The minimum absolute atomic E-state index is 0.0798. The summed E-state index contributed by atoms with van der Waals surface area (Å²) in [6, 6.07) is 32.8. The predicted octanol–water partition coefficient (Wildman–Crippen LogP) is 7.87. The second kappa shape index (κ2) is 11.2. The molecular formula is C30H22BrN5O2S2. The Bertz CT molecular complexity index is 1660. The fraction of sp³-hybridized carbons (Fsp3) is 0.0667. The molecule has 0 radical (unpaired) electrons. The van der Waals surface area contributed by atoms with Crippen molar-refractivity contribution in [2.24, 2.45) is 0 Å². The number of rotatable bonds is 7. The smallest absolute Gasteiger partial charge is 0.269 e. The second-order valence-electron chi connectivity index (χ2n) is 9.12. The molecule has 1 N–H and O–H groups in total. The van der Waals surface area contributed by atoms with Crippen molar-refractivity contribution < 1.29 is 4.92 Å². The van der Waals surface area contributed by atoms with Gasteiger partial charge in [-0.2, -0.15) is 0 Å². The largest absolute Gasteiger partial charge is 0.351 e. The fourth-order valence-electron chi connectivity index (χ4n) is 4.85. The van der Waals surface area contributed by atoms with E-state index in [1.807, 2.05) is 42.5 Å². The summed E-state index contributed by atoms with van der Waals surface area (Å²) in [5.41, 5.74) is 4.07. The van der Waals surface area contributed by atoms with Crippen molar-refractivity contribution in [3.05, 3.63) is 141 Å². The molecule has 0 unspecified atom stereocenters. The second-order valence-corrected chi connectivity index (χ2v) is 11.6. The molecule has 10 heteroatoms. The summed E-state index contributed by atoms with van der Waals surface area (Å²) in [7, 11) is 0. The maximum Gasteiger partial charge on any atom is 0.269 e. The van der Waals surface area contributed by atoms with Gasteiger partial charge in [-0.15, -0.1) is 0 Å². The van der Waals surface area contributed by atoms with Crippen molar-refractivity contribution in [2.45, 2.75) is 21.9 Å². The average Bonchev–Trinajstić information content (AvgIpc) is 3.59. The molecule has 40 heavy (non-hydrogen) atoms. The van der Waals surface area contributed by atoms with Gasteiger partial charge in [0.1, 0.15) is 6.04 Å². The molecule has 1 aliphatic rings. The highest BCUT2D eigenvalue weighted by Gasteiger charge is 2.42. The normalized spacial score (nSPS) is 16.6. The molecule has 2 atom stereocenters. The number of nitro benzene ring substituents is 1. The Hall–Kier alpha value is -3.99. The lowest BCUT2D eigenvalue weighted by Gasteiger charge is -2.29. The summed E-state index contributed by atoms with van der Waals surface area (Å²) >= 11 is 11.0. The van der Waals surface area contributed by atoms with E-state index in [2.05, 4.69) is 78.3 Å². The van der Waals surface area contributed by atoms with Crippen LogP contribution in [0, 0.1) is 10.1 Å². The van der Waals surface area contributed by atoms with E-state index in [0.717, 1.165) is 37.0 Å². The van der Waals surface area contributed by atoms with E-state index >= 15 is 0 Å². The van der Waals surface area contributed by atoms with Crippen LogP contribution in [0.25, 0.3) is 5.69 Å². The fourth-order valence-corrected chi connectivity index (χ4v) is 6.28. The van der Waals surface area contributed by atoms with E-state index in [-0.39, 0.29) is 17.8 Å². The summed E-state index contributed by atoms with van der Waals surface area (Å²) in [6.45, 7) is 0. The average molecular weight is 629 g/mol. The molecule has 0 aliphatic carbocycles. The van der Waals surface area contributed by atoms with Crippen molar-refractivity contribution in [3.63, 3.8) is 0 Å². The van der Waals surface area contributed by atoms with Crippen molar-refractivity contribution in [1.82, 2.24) is 14.9 Å². The van der Waals surface area contributed by atoms with Gasteiger partial charge in [0, 0.05) is 55.9 Å². The number of hydrogen-bond donors (Lipinski definition) is 1. The van der Waals surface area contributed by atoms with Gasteiger partial charge in [0.05, 0.1) is 16.7 Å². The van der Waals surface area contributed by atoms with Gasteiger partial charge >= 0.3 is 0 Å². The molecule has 0 amide bonds. The number of anilines is 1. The van der Waals surface area contributed by atoms with Crippen LogP contribution in [0.1, 0.15) is 23.5 Å². The third kappa shape index (κ3) is 5.25. The van der Waals surface area contributed by atoms with Crippen molar-refractivity contribution in [2.75, 3.05) is 4.90 Å². The Balaban J connectivity index is 1.35. The van der Waals surface area contributed by atoms with Crippen LogP contribution in [0.2, 0.25) is 0 Å². The van der Waals surface area contributed by atoms with Crippen LogP contribution in [-0.2, 0) is 0 Å². The number of pyridine rings is 1. The number of nitro groups is 1. The molecule has 0 spiro atoms. The van der Waals surface area contributed by atoms with Gasteiger partial charge in [0.25, 0.3) is 5.69 Å². The standard InChI is InChI=1S/C30H22BrN5O2S2/c31-20-6-8-21(9-7-20)34-19-3-5-27(34)29-28(26-4-1-2-18-32-26)33-30(39)35(29)22-10-14-24(15-11-22)40-25-16-12-23(13-17-25)36(37)38/h1-19,28-29H,(H,33,39)/t28-,29+/m1/s1. The Morgan fingerprint density at radius 2 is 1.55 bits per heavy atom. The zero-order valence-electron chi connectivity index (χ0n) is 20.9. The molecule has 7 nitrogen and oxygen atoms in total. The van der Waals surface area contributed by atoms with Gasteiger partial charge < -0.3 is 14.8 Å². The molecule has 0 saturated carbocycles. The minimum atomic E-state index is -0.391. The van der Waals surface area contributed by atoms with E-state index in [1.165, 1.54) is 12.1 Å². The molecule has 3 aromatic carbocycles. The number of non-ortho nitro benzene ring substituents is 1. The first-order valence-corrected chi connectivity index (χ1v) is 14.5. The van der Waals surface area contributed by atoms with Crippen LogP contribution < -0.4 is 10.2 Å². The molecule has 0 bridgehead atoms. The van der Waals surface area contributed by atoms with Gasteiger partial charge in [0.15, 0.2) is 5.11 Å². The number of nitrogens with zero attached hydrogens (tertiary/aromatic N) is 4. The lowest BCUT2D eigenvalue weighted by Crippen LogP contribution is -2.30. The third-order valence-electron chi connectivity index (χ3n) is 6.68. The van der Waals surface area contributed by atoms with Crippen molar-refractivity contribution in [1.29, 1.82) is 0 Å². The number of nitrogens with one attached hydrogen (secondary N) is 1. The monoisotopic (exact) mass is 627 g/mol. The summed E-state index contributed by atoms with van der Waals surface area (Å²) < 4.78 is 3.21. The van der Waals surface area contributed by atoms with E-state index in [4.69, 9.17) is 12.2 Å². The van der Waals surface area contributed by atoms with E-state index in [1.54, 1.807) is 30.1 Å². The molecule has 1 aliphatic heterocycles. The van der Waals surface area contributed by atoms with Crippen LogP contribution in [0.3, 0.4) is 0 Å². The highest BCUT2D eigenvalue weighted by molar-refractivity contribution is 9.10. The van der Waals surface area contributed by atoms with Gasteiger partial charge in [0.2, 0.25) is 0 Å². The van der Waals surface area contributed by atoms with Crippen molar-refractivity contribution in [3.8, 4) is 5.69 Å². The van der Waals surface area contributed by atoms with Crippen LogP contribution in [0.5, 0.6) is 0 Å². The van der Waals surface area contributed by atoms with Gasteiger partial charge in [-0.05, 0) is 97.1 Å². The highest BCUT2D eigenvalue weighted by Crippen LogP contribution is 2.43. The first kappa shape index (κ1) is 26.2. The van der Waals surface area contributed by atoms with Crippen LogP contribution in [-0.4, -0.2) is 19.6 Å². The Labute approximate surface area is 249 Å². The third-order valence-corrected chi connectivity index (χ3v) is 8.54. The lowest BCUT2D eigenvalue weighted by molar-refractivity contribution is -0.384. The number of halogens is 1. The van der Waals surface area contributed by atoms with E-state index in [0.29, 0.717) is 5.11 Å². The van der Waals surface area contributed by atoms with Gasteiger partial charge in [-0.1, -0.05) is 33.8 Å². The molecule has 1 fully saturated rings. The van der Waals surface area contributed by atoms with Crippen LogP contribution >= 0.6 is 39.9 Å². The molecule has 6 rings (SSSR count). The quantitative estimate of drug-likeness (QED) is 0.112. The van der Waals surface area contributed by atoms with E-state index < -0.39 is 4.92 Å². The number of hydrogen-bond acceptors (Lipinski definition) is 5. The molecule has 1 saturated heterocycles. The summed E-state index contributed by atoms with van der Waals surface area (Å²) in [5.74, 6) is 0. The predicted molar refractivity (Wildman–Crippen MR) is 165 cm³/mol. The molecule has 5 aromatic rings. The van der Waals surface area contributed by atoms with Crippen LogP contribution in [0.15, 0.2) is 130 Å². The molecule has 3 heterocycles. The zero-order valence-corrected chi connectivity index (χ0v) is 24.1. The van der Waals surface area contributed by atoms with Gasteiger partial charge in [-0.3, -0.25) is 15.1 Å². The Morgan fingerprint density at radius 1 is 0.875 bits per heavy atom. The number of benzene rings is 3. The summed E-state index contributed by atoms with van der Waals surface area (Å²) in [6.07, 6.45) is 3.87. The number of aromatic nitrogens is 2. The van der Waals surface area contributed by atoms with Crippen LogP contribution in [0.4, 0.5) is 11.4 Å². The number of thiocarbonyl (C=S) groups is 1. The molecule has 2 aromatic heterocycles. The molecular weight excluding hydrogens is 606 g/mol. The Morgan fingerprint density at radius 3 is 2.20 bits per heavy atom. The summed E-state index contributed by atoms with van der Waals surface area (Å²) in [5, 5.41) is 15.1. The highest BCUT2D eigenvalue weighted by atomic mass is 79.9. The minimum Gasteiger partial charge on any atom is -0.351 e. The Kier molecular flexibility index (Phi) is 7.38. The maximum atomic E-state index is 11.0. The molecule has 198 valence electrons.